The van der Waals surface area contributed by atoms with Crippen LogP contribution in [-0.4, -0.2) is 11.2 Å². The molecule has 70 valence electrons. The second-order valence-electron chi connectivity index (χ2n) is 3.81. The number of halogens is 1. The zero-order valence-corrected chi connectivity index (χ0v) is 7.63. The van der Waals surface area contributed by atoms with Gasteiger partial charge in [-0.3, -0.25) is 0 Å². The smallest absolute Gasteiger partial charge is 0.123 e. The number of hydrogen-bond donors (Lipinski definition) is 1. The molecular weight excluding hydrogens is 167 g/mol. The zero-order chi connectivity index (χ0) is 9.42. The average molecular weight is 180 g/mol. The number of aryl methyl sites for hydroxylation is 1. The molecule has 1 saturated carbocycles. The lowest BCUT2D eigenvalue weighted by Crippen LogP contribution is -2.28. The van der Waals surface area contributed by atoms with E-state index in [0.29, 0.717) is 0 Å². The van der Waals surface area contributed by atoms with Gasteiger partial charge in [-0.15, -0.1) is 0 Å². The van der Waals surface area contributed by atoms with Crippen LogP contribution in [0.15, 0.2) is 18.2 Å². The molecule has 0 saturated heterocycles. The van der Waals surface area contributed by atoms with E-state index in [9.17, 15) is 9.50 Å². The Morgan fingerprint density at radius 1 is 1.31 bits per heavy atom. The predicted molar refractivity (Wildman–Crippen MR) is 49.1 cm³/mol. The first kappa shape index (κ1) is 8.70. The third-order valence-corrected chi connectivity index (χ3v) is 2.73. The molecule has 2 unspecified atom stereocenters. The molecule has 1 nitrogen and oxygen atoms in total. The van der Waals surface area contributed by atoms with Gasteiger partial charge in [-0.25, -0.2) is 4.39 Å². The highest BCUT2D eigenvalue weighted by atomic mass is 19.1. The third-order valence-electron chi connectivity index (χ3n) is 2.73. The fourth-order valence-corrected chi connectivity index (χ4v) is 1.85. The van der Waals surface area contributed by atoms with Gasteiger partial charge in [-0.05, 0) is 43.0 Å². The van der Waals surface area contributed by atoms with Crippen LogP contribution in [0.25, 0.3) is 0 Å². The summed E-state index contributed by atoms with van der Waals surface area (Å²) in [5.74, 6) is -0.0384. The first-order valence-electron chi connectivity index (χ1n) is 4.62. The summed E-state index contributed by atoms with van der Waals surface area (Å²) in [7, 11) is 0. The molecule has 1 aromatic carbocycles. The van der Waals surface area contributed by atoms with Gasteiger partial charge < -0.3 is 5.11 Å². The minimum absolute atomic E-state index is 0.161. The average Bonchev–Trinajstić information content (AvgIpc) is 1.99. The molecule has 2 atom stereocenters. The maximum atomic E-state index is 13.0. The van der Waals surface area contributed by atoms with Gasteiger partial charge in [0.15, 0.2) is 0 Å². The minimum Gasteiger partial charge on any atom is -0.392 e. The van der Waals surface area contributed by atoms with E-state index in [0.717, 1.165) is 24.0 Å². The van der Waals surface area contributed by atoms with Gasteiger partial charge in [-0.2, -0.15) is 0 Å². The highest BCUT2D eigenvalue weighted by Crippen LogP contribution is 2.37. The monoisotopic (exact) mass is 180 g/mol. The highest BCUT2D eigenvalue weighted by molar-refractivity contribution is 5.28. The molecule has 1 N–H and O–H groups in total. The maximum Gasteiger partial charge on any atom is 0.123 e. The molecule has 0 radical (unpaired) electrons. The van der Waals surface area contributed by atoms with E-state index in [2.05, 4.69) is 0 Å². The molecular formula is C11H13FO. The third kappa shape index (κ3) is 1.59. The van der Waals surface area contributed by atoms with Crippen LogP contribution in [0.2, 0.25) is 0 Å². The van der Waals surface area contributed by atoms with E-state index >= 15 is 0 Å². The minimum atomic E-state index is -0.263. The Labute approximate surface area is 77.2 Å². The van der Waals surface area contributed by atoms with Gasteiger partial charge in [0.2, 0.25) is 0 Å². The van der Waals surface area contributed by atoms with Crippen LogP contribution >= 0.6 is 0 Å². The van der Waals surface area contributed by atoms with Gasteiger partial charge >= 0.3 is 0 Å². The number of hydrogen-bond acceptors (Lipinski definition) is 1. The second-order valence-corrected chi connectivity index (χ2v) is 3.81. The van der Waals surface area contributed by atoms with Crippen molar-refractivity contribution in [2.75, 3.05) is 0 Å². The lowest BCUT2D eigenvalue weighted by molar-refractivity contribution is 0.0660. The molecule has 0 amide bonds. The molecule has 1 aliphatic carbocycles. The van der Waals surface area contributed by atoms with Crippen LogP contribution < -0.4 is 0 Å². The van der Waals surface area contributed by atoms with Crippen LogP contribution in [0.5, 0.6) is 0 Å². The van der Waals surface area contributed by atoms with Gasteiger partial charge in [0.05, 0.1) is 6.10 Å². The van der Waals surface area contributed by atoms with E-state index < -0.39 is 0 Å². The van der Waals surface area contributed by atoms with Gasteiger partial charge in [0.1, 0.15) is 5.82 Å². The van der Waals surface area contributed by atoms with E-state index in [1.165, 1.54) is 12.1 Å². The first-order chi connectivity index (χ1) is 6.16. The molecule has 2 heteroatoms. The van der Waals surface area contributed by atoms with Crippen molar-refractivity contribution in [1.82, 2.24) is 0 Å². The van der Waals surface area contributed by atoms with E-state index in [4.69, 9.17) is 0 Å². The lowest BCUT2D eigenvalue weighted by Gasteiger charge is -2.32. The van der Waals surface area contributed by atoms with E-state index in [1.54, 1.807) is 0 Å². The molecule has 0 aliphatic heterocycles. The van der Waals surface area contributed by atoms with E-state index in [1.807, 2.05) is 13.0 Å². The van der Waals surface area contributed by atoms with Crippen LogP contribution in [-0.2, 0) is 0 Å². The molecule has 0 aromatic heterocycles. The summed E-state index contributed by atoms with van der Waals surface area (Å²) < 4.78 is 13.0. The quantitative estimate of drug-likeness (QED) is 0.703. The summed E-state index contributed by atoms with van der Waals surface area (Å²) in [6.45, 7) is 1.87. The molecule has 0 heterocycles. The summed E-state index contributed by atoms with van der Waals surface area (Å²) in [5.41, 5.74) is 1.87. The first-order valence-corrected chi connectivity index (χ1v) is 4.62. The molecule has 1 fully saturated rings. The number of aliphatic hydroxyl groups is 1. The SMILES string of the molecule is Cc1cc(F)cc(C2CCC2O)c1. The van der Waals surface area contributed by atoms with Crippen molar-refractivity contribution in [1.29, 1.82) is 0 Å². The van der Waals surface area contributed by atoms with Crippen LogP contribution in [0.3, 0.4) is 0 Å². The fourth-order valence-electron chi connectivity index (χ4n) is 1.85. The Hall–Kier alpha value is -0.890. The molecule has 1 aromatic rings. The lowest BCUT2D eigenvalue weighted by atomic mass is 9.77. The Bertz CT molecular complexity index is 302. The topological polar surface area (TPSA) is 20.2 Å². The summed E-state index contributed by atoms with van der Waals surface area (Å²) in [5, 5.41) is 9.42. The fraction of sp³-hybridized carbons (Fsp3) is 0.455. The van der Waals surface area contributed by atoms with Crippen molar-refractivity contribution in [2.24, 2.45) is 0 Å². The van der Waals surface area contributed by atoms with Crippen molar-refractivity contribution in [2.45, 2.75) is 31.8 Å². The highest BCUT2D eigenvalue weighted by Gasteiger charge is 2.30. The molecule has 13 heavy (non-hydrogen) atoms. The normalized spacial score (nSPS) is 27.0. The number of benzene rings is 1. The van der Waals surface area contributed by atoms with Crippen LogP contribution in [0.4, 0.5) is 4.39 Å². The molecule has 1 aliphatic rings. The summed E-state index contributed by atoms with van der Waals surface area (Å²) >= 11 is 0. The maximum absolute atomic E-state index is 13.0. The second kappa shape index (κ2) is 3.11. The number of rotatable bonds is 1. The van der Waals surface area contributed by atoms with Gasteiger partial charge in [0.25, 0.3) is 0 Å². The Morgan fingerprint density at radius 2 is 2.08 bits per heavy atom. The predicted octanol–water partition coefficient (Wildman–Crippen LogP) is 2.37. The summed E-state index contributed by atoms with van der Waals surface area (Å²) in [6, 6.07) is 4.99. The molecule has 0 bridgehead atoms. The van der Waals surface area contributed by atoms with Crippen molar-refractivity contribution in [3.8, 4) is 0 Å². The van der Waals surface area contributed by atoms with Gasteiger partial charge in [0, 0.05) is 5.92 Å². The van der Waals surface area contributed by atoms with Crippen molar-refractivity contribution < 1.29 is 9.50 Å². The summed E-state index contributed by atoms with van der Waals surface area (Å²) in [4.78, 5) is 0. The van der Waals surface area contributed by atoms with Crippen LogP contribution in [0, 0.1) is 12.7 Å². The van der Waals surface area contributed by atoms with Gasteiger partial charge in [-0.1, -0.05) is 6.07 Å². The van der Waals surface area contributed by atoms with Crippen LogP contribution in [0.1, 0.15) is 29.9 Å². The molecule has 2 rings (SSSR count). The van der Waals surface area contributed by atoms with Crippen molar-refractivity contribution in [3.63, 3.8) is 0 Å². The molecule has 0 spiro atoms. The Morgan fingerprint density at radius 3 is 2.54 bits per heavy atom. The zero-order valence-electron chi connectivity index (χ0n) is 7.63. The Kier molecular flexibility index (Phi) is 2.08. The summed E-state index contributed by atoms with van der Waals surface area (Å²) in [6.07, 6.45) is 1.56. The largest absolute Gasteiger partial charge is 0.392 e. The number of aliphatic hydroxyl groups excluding tert-OH is 1. The van der Waals surface area contributed by atoms with E-state index in [-0.39, 0.29) is 17.8 Å². The van der Waals surface area contributed by atoms with Crippen molar-refractivity contribution in [3.05, 3.63) is 35.1 Å². The Balaban J connectivity index is 2.29. The standard InChI is InChI=1S/C11H13FO/c1-7-4-8(6-9(12)5-7)10-2-3-11(10)13/h4-6,10-11,13H,2-3H2,1H3. The van der Waals surface area contributed by atoms with Crippen molar-refractivity contribution >= 4 is 0 Å².